The van der Waals surface area contributed by atoms with Crippen LogP contribution >= 0.6 is 0 Å². The van der Waals surface area contributed by atoms with Crippen molar-refractivity contribution in [2.75, 3.05) is 37.6 Å². The molecule has 0 bridgehead atoms. The molecule has 1 aliphatic heterocycles. The van der Waals surface area contributed by atoms with Crippen LogP contribution < -0.4 is 4.90 Å². The van der Waals surface area contributed by atoms with Crippen LogP contribution in [0.25, 0.3) is 0 Å². The Balaban J connectivity index is 2.17. The van der Waals surface area contributed by atoms with Crippen LogP contribution in [0.5, 0.6) is 0 Å². The number of anilines is 1. The number of rotatable bonds is 4. The summed E-state index contributed by atoms with van der Waals surface area (Å²) in [6.45, 7) is 6.20. The highest BCUT2D eigenvalue weighted by atomic mass is 19.1. The Morgan fingerprint density at radius 3 is 2.58 bits per heavy atom. The molecule has 1 heterocycles. The molecular weight excluding hydrogens is 247 g/mol. The number of halogens is 1. The average molecular weight is 266 g/mol. The predicted molar refractivity (Wildman–Crippen MR) is 72.3 cm³/mol. The van der Waals surface area contributed by atoms with Crippen molar-refractivity contribution in [1.82, 2.24) is 4.90 Å². The van der Waals surface area contributed by atoms with Crippen LogP contribution in [0.15, 0.2) is 18.2 Å². The first-order valence-electron chi connectivity index (χ1n) is 6.62. The van der Waals surface area contributed by atoms with E-state index in [9.17, 15) is 9.18 Å². The molecule has 0 unspecified atom stereocenters. The number of aromatic carboxylic acids is 1. The van der Waals surface area contributed by atoms with E-state index in [0.717, 1.165) is 26.1 Å². The Hall–Kier alpha value is -1.62. The molecule has 1 fully saturated rings. The molecule has 1 aromatic carbocycles. The van der Waals surface area contributed by atoms with Crippen molar-refractivity contribution in [3.05, 3.63) is 29.6 Å². The molecule has 0 aromatic heterocycles. The molecule has 1 N–H and O–H groups in total. The highest BCUT2D eigenvalue weighted by Gasteiger charge is 2.23. The lowest BCUT2D eigenvalue weighted by Gasteiger charge is -2.36. The number of carboxylic acid groups (broad SMARTS) is 1. The van der Waals surface area contributed by atoms with Gasteiger partial charge in [-0.1, -0.05) is 13.0 Å². The summed E-state index contributed by atoms with van der Waals surface area (Å²) in [5, 5.41) is 9.15. The fourth-order valence-corrected chi connectivity index (χ4v) is 2.52. The molecule has 104 valence electrons. The third kappa shape index (κ3) is 3.04. The Morgan fingerprint density at radius 1 is 1.32 bits per heavy atom. The first-order chi connectivity index (χ1) is 9.13. The van der Waals surface area contributed by atoms with Crippen LogP contribution in [-0.4, -0.2) is 48.7 Å². The lowest BCUT2D eigenvalue weighted by Crippen LogP contribution is -2.47. The minimum absolute atomic E-state index is 0.0453. The highest BCUT2D eigenvalue weighted by Crippen LogP contribution is 2.25. The fraction of sp³-hybridized carbons (Fsp3) is 0.500. The number of carbonyl (C=O) groups is 1. The summed E-state index contributed by atoms with van der Waals surface area (Å²) in [6, 6.07) is 4.22. The van der Waals surface area contributed by atoms with Gasteiger partial charge in [-0.2, -0.15) is 0 Å². The van der Waals surface area contributed by atoms with E-state index >= 15 is 0 Å². The molecule has 5 heteroatoms. The molecule has 2 rings (SSSR count). The Kier molecular flexibility index (Phi) is 4.37. The van der Waals surface area contributed by atoms with Gasteiger partial charge < -0.3 is 10.0 Å². The summed E-state index contributed by atoms with van der Waals surface area (Å²) in [6.07, 6.45) is 1.10. The number of hydrogen-bond donors (Lipinski definition) is 1. The molecule has 0 amide bonds. The van der Waals surface area contributed by atoms with Gasteiger partial charge in [0.15, 0.2) is 0 Å². The van der Waals surface area contributed by atoms with Crippen LogP contribution in [0.3, 0.4) is 0 Å². The van der Waals surface area contributed by atoms with E-state index in [1.165, 1.54) is 18.2 Å². The second-order valence-corrected chi connectivity index (χ2v) is 4.77. The van der Waals surface area contributed by atoms with E-state index in [1.54, 1.807) is 0 Å². The highest BCUT2D eigenvalue weighted by molar-refractivity contribution is 5.94. The SMILES string of the molecule is CCCN1CCN(c2c(F)cccc2C(=O)O)CC1. The number of hydrogen-bond acceptors (Lipinski definition) is 3. The Labute approximate surface area is 112 Å². The summed E-state index contributed by atoms with van der Waals surface area (Å²) in [5.41, 5.74) is 0.273. The predicted octanol–water partition coefficient (Wildman–Crippen LogP) is 2.06. The third-order valence-corrected chi connectivity index (χ3v) is 3.45. The largest absolute Gasteiger partial charge is 0.478 e. The van der Waals surface area contributed by atoms with Gasteiger partial charge in [-0.25, -0.2) is 9.18 Å². The van der Waals surface area contributed by atoms with Crippen molar-refractivity contribution in [1.29, 1.82) is 0 Å². The molecule has 0 aliphatic carbocycles. The first kappa shape index (κ1) is 13.8. The van der Waals surface area contributed by atoms with Crippen molar-refractivity contribution in [3.8, 4) is 0 Å². The number of benzene rings is 1. The zero-order valence-corrected chi connectivity index (χ0v) is 11.1. The molecule has 1 aromatic rings. The van der Waals surface area contributed by atoms with Gasteiger partial charge in [-0.15, -0.1) is 0 Å². The summed E-state index contributed by atoms with van der Waals surface area (Å²) >= 11 is 0. The van der Waals surface area contributed by atoms with Gasteiger partial charge in [0.05, 0.1) is 11.3 Å². The van der Waals surface area contributed by atoms with Crippen molar-refractivity contribution < 1.29 is 14.3 Å². The molecule has 0 radical (unpaired) electrons. The van der Waals surface area contributed by atoms with E-state index in [1.807, 2.05) is 4.90 Å². The van der Waals surface area contributed by atoms with Crippen molar-refractivity contribution in [2.45, 2.75) is 13.3 Å². The lowest BCUT2D eigenvalue weighted by atomic mass is 10.1. The second-order valence-electron chi connectivity index (χ2n) is 4.77. The van der Waals surface area contributed by atoms with Crippen molar-refractivity contribution >= 4 is 11.7 Å². The second kappa shape index (κ2) is 6.02. The summed E-state index contributed by atoms with van der Waals surface area (Å²) in [4.78, 5) is 15.3. The van der Waals surface area contributed by atoms with Gasteiger partial charge in [0.2, 0.25) is 0 Å². The van der Waals surface area contributed by atoms with Crippen LogP contribution in [0.2, 0.25) is 0 Å². The Morgan fingerprint density at radius 2 is 2.00 bits per heavy atom. The Bertz CT molecular complexity index is 457. The number of carboxylic acids is 1. The van der Waals surface area contributed by atoms with Crippen LogP contribution in [-0.2, 0) is 0 Å². The maximum absolute atomic E-state index is 13.9. The minimum atomic E-state index is -1.08. The van der Waals surface area contributed by atoms with Crippen molar-refractivity contribution in [2.24, 2.45) is 0 Å². The van der Waals surface area contributed by atoms with Gasteiger partial charge in [0, 0.05) is 26.2 Å². The van der Waals surface area contributed by atoms with Gasteiger partial charge >= 0.3 is 5.97 Å². The first-order valence-corrected chi connectivity index (χ1v) is 6.62. The summed E-state index contributed by atoms with van der Waals surface area (Å²) in [7, 11) is 0. The molecule has 19 heavy (non-hydrogen) atoms. The van der Waals surface area contributed by atoms with E-state index < -0.39 is 11.8 Å². The maximum Gasteiger partial charge on any atom is 0.337 e. The number of piperazine rings is 1. The van der Waals surface area contributed by atoms with Gasteiger partial charge in [-0.05, 0) is 25.1 Å². The third-order valence-electron chi connectivity index (χ3n) is 3.45. The summed E-state index contributed by atoms with van der Waals surface area (Å²) in [5.74, 6) is -1.53. The standard InChI is InChI=1S/C14H19FN2O2/c1-2-6-16-7-9-17(10-8-16)13-11(14(18)19)4-3-5-12(13)15/h3-5H,2,6-10H2,1H3,(H,18,19). The quantitative estimate of drug-likeness (QED) is 0.906. The van der Waals surface area contributed by atoms with Gasteiger partial charge in [0.1, 0.15) is 5.82 Å². The minimum Gasteiger partial charge on any atom is -0.478 e. The average Bonchev–Trinajstić information content (AvgIpc) is 2.40. The number of nitrogens with zero attached hydrogens (tertiary/aromatic N) is 2. The zero-order chi connectivity index (χ0) is 13.8. The molecule has 1 saturated heterocycles. The van der Waals surface area contributed by atoms with E-state index in [0.29, 0.717) is 13.1 Å². The molecular formula is C14H19FN2O2. The van der Waals surface area contributed by atoms with E-state index in [2.05, 4.69) is 11.8 Å². The molecule has 1 aliphatic rings. The molecule has 0 atom stereocenters. The summed E-state index contributed by atoms with van der Waals surface area (Å²) < 4.78 is 13.9. The smallest absolute Gasteiger partial charge is 0.337 e. The lowest BCUT2D eigenvalue weighted by molar-refractivity contribution is 0.0697. The van der Waals surface area contributed by atoms with Crippen LogP contribution in [0.4, 0.5) is 10.1 Å². The van der Waals surface area contributed by atoms with E-state index in [4.69, 9.17) is 5.11 Å². The van der Waals surface area contributed by atoms with Gasteiger partial charge in [0.25, 0.3) is 0 Å². The van der Waals surface area contributed by atoms with Gasteiger partial charge in [-0.3, -0.25) is 4.90 Å². The normalized spacial score (nSPS) is 16.6. The monoisotopic (exact) mass is 266 g/mol. The fourth-order valence-electron chi connectivity index (χ4n) is 2.52. The maximum atomic E-state index is 13.9. The van der Waals surface area contributed by atoms with Crippen LogP contribution in [0.1, 0.15) is 23.7 Å². The van der Waals surface area contributed by atoms with Crippen LogP contribution in [0, 0.1) is 5.82 Å². The number of para-hydroxylation sites is 1. The molecule has 0 saturated carbocycles. The molecule has 4 nitrogen and oxygen atoms in total. The van der Waals surface area contributed by atoms with E-state index in [-0.39, 0.29) is 11.3 Å². The zero-order valence-electron chi connectivity index (χ0n) is 11.1. The van der Waals surface area contributed by atoms with Crippen molar-refractivity contribution in [3.63, 3.8) is 0 Å². The molecule has 0 spiro atoms. The topological polar surface area (TPSA) is 43.8 Å².